The molecule has 2 aromatic rings. The molecule has 7 heteroatoms. The summed E-state index contributed by atoms with van der Waals surface area (Å²) in [5.74, 6) is 1.45. The maximum atomic E-state index is 13.7. The van der Waals surface area contributed by atoms with Gasteiger partial charge in [-0.2, -0.15) is 0 Å². The van der Waals surface area contributed by atoms with E-state index in [0.29, 0.717) is 24.2 Å². The number of carbonyl (C=O) groups is 2. The number of halogens is 1. The van der Waals surface area contributed by atoms with Crippen LogP contribution in [-0.2, 0) is 9.59 Å². The number of thioether (sulfide) groups is 1. The van der Waals surface area contributed by atoms with Crippen molar-refractivity contribution in [3.05, 3.63) is 52.8 Å². The molecule has 0 bridgehead atoms. The Kier molecular flexibility index (Phi) is 5.86. The van der Waals surface area contributed by atoms with Crippen molar-refractivity contribution in [3.63, 3.8) is 0 Å². The number of carbonyl (C=O) groups excluding carboxylic acids is 2. The zero-order valence-corrected chi connectivity index (χ0v) is 23.1. The fourth-order valence-corrected chi connectivity index (χ4v) is 9.35. The molecular weight excluding hydrogens is 536 g/mol. The fourth-order valence-electron chi connectivity index (χ4n) is 8.05. The van der Waals surface area contributed by atoms with E-state index in [1.165, 1.54) is 23.7 Å². The molecule has 0 amide bonds. The Labute approximate surface area is 224 Å². The van der Waals surface area contributed by atoms with Gasteiger partial charge in [0.25, 0.3) is 0 Å². The van der Waals surface area contributed by atoms with Crippen molar-refractivity contribution < 1.29 is 14.7 Å². The second-order valence-electron chi connectivity index (χ2n) is 11.5. The third-order valence-corrected chi connectivity index (χ3v) is 11.6. The third kappa shape index (κ3) is 3.52. The van der Waals surface area contributed by atoms with Crippen molar-refractivity contribution in [3.8, 4) is 0 Å². The maximum absolute atomic E-state index is 13.7. The van der Waals surface area contributed by atoms with E-state index in [9.17, 15) is 14.7 Å². The minimum atomic E-state index is -1.31. The van der Waals surface area contributed by atoms with E-state index in [0.717, 1.165) is 52.5 Å². The number of Topliss-reactive ketones (excluding diaryl/α,β-unsaturated/α-hetero) is 1. The van der Waals surface area contributed by atoms with Gasteiger partial charge in [-0.1, -0.05) is 53.2 Å². The number of benzene rings is 1. The van der Waals surface area contributed by atoms with Crippen molar-refractivity contribution >= 4 is 50.2 Å². The minimum absolute atomic E-state index is 0.0801. The predicted octanol–water partition coefficient (Wildman–Crippen LogP) is 6.09. The van der Waals surface area contributed by atoms with Gasteiger partial charge in [0.15, 0.2) is 11.6 Å². The standard InChI is InChI=1S/C29H31BrN2O3S/c1-27-10-7-19(33)13-17(27)3-5-20-22(27)8-11-28(2)23(20)9-12-29(28,35)25(34)15-36-26-21-14-18(30)4-6-24(21)31-16-32-26/h4,6-7,10,13-14,16,20,22-23,35H,3,5,8-9,11-12,15H2,1-2H3/t20?,22?,23?,27?,28?,29-/m0/s1. The van der Waals surface area contributed by atoms with Gasteiger partial charge in [-0.3, -0.25) is 9.59 Å². The van der Waals surface area contributed by atoms with E-state index in [-0.39, 0.29) is 22.7 Å². The highest BCUT2D eigenvalue weighted by molar-refractivity contribution is 9.10. The molecule has 36 heavy (non-hydrogen) atoms. The SMILES string of the molecule is CC12C=CC(=O)C=C1CCC1C2CCC2(C)C1CC[C@]2(O)C(=O)CSc1ncnc2ccc(Br)cc12. The van der Waals surface area contributed by atoms with Crippen molar-refractivity contribution in [2.75, 3.05) is 5.75 Å². The van der Waals surface area contributed by atoms with E-state index in [2.05, 4.69) is 45.8 Å². The monoisotopic (exact) mass is 566 g/mol. The van der Waals surface area contributed by atoms with Crippen molar-refractivity contribution in [2.24, 2.45) is 28.6 Å². The summed E-state index contributed by atoms with van der Waals surface area (Å²) in [5, 5.41) is 13.7. The van der Waals surface area contributed by atoms with Crippen LogP contribution in [0.5, 0.6) is 0 Å². The Bertz CT molecular complexity index is 1340. The lowest BCUT2D eigenvalue weighted by Crippen LogP contribution is -2.57. The highest BCUT2D eigenvalue weighted by Gasteiger charge is 2.65. The van der Waals surface area contributed by atoms with Crippen LogP contribution in [0.1, 0.15) is 52.4 Å². The van der Waals surface area contributed by atoms with Gasteiger partial charge in [0, 0.05) is 20.7 Å². The van der Waals surface area contributed by atoms with Crippen LogP contribution < -0.4 is 0 Å². The largest absolute Gasteiger partial charge is 0.381 e. The van der Waals surface area contributed by atoms with Gasteiger partial charge in [0.05, 0.1) is 11.3 Å². The molecule has 6 rings (SSSR count). The topological polar surface area (TPSA) is 80.1 Å². The van der Waals surface area contributed by atoms with Gasteiger partial charge in [-0.15, -0.1) is 0 Å². The summed E-state index contributed by atoms with van der Waals surface area (Å²) in [4.78, 5) is 34.5. The summed E-state index contributed by atoms with van der Waals surface area (Å²) in [6, 6.07) is 5.85. The van der Waals surface area contributed by atoms with E-state index in [1.54, 1.807) is 6.08 Å². The Morgan fingerprint density at radius 1 is 1.17 bits per heavy atom. The zero-order chi connectivity index (χ0) is 25.3. The zero-order valence-electron chi connectivity index (χ0n) is 20.7. The number of aromatic nitrogens is 2. The van der Waals surface area contributed by atoms with Crippen LogP contribution in [0.25, 0.3) is 10.9 Å². The Morgan fingerprint density at radius 3 is 2.81 bits per heavy atom. The van der Waals surface area contributed by atoms with E-state index in [1.807, 2.05) is 24.3 Å². The molecular formula is C29H31BrN2O3S. The highest BCUT2D eigenvalue weighted by atomic mass is 79.9. The Balaban J connectivity index is 1.23. The van der Waals surface area contributed by atoms with Gasteiger partial charge in [0.1, 0.15) is 17.0 Å². The number of nitrogens with zero attached hydrogens (tertiary/aromatic N) is 2. The van der Waals surface area contributed by atoms with Crippen LogP contribution in [0.4, 0.5) is 0 Å². The molecule has 5 unspecified atom stereocenters. The van der Waals surface area contributed by atoms with Crippen molar-refractivity contribution in [1.82, 2.24) is 9.97 Å². The Morgan fingerprint density at radius 2 is 1.97 bits per heavy atom. The molecule has 5 nitrogen and oxygen atoms in total. The summed E-state index contributed by atoms with van der Waals surface area (Å²) >= 11 is 4.91. The number of aliphatic hydroxyl groups is 1. The van der Waals surface area contributed by atoms with Crippen LogP contribution in [0, 0.1) is 28.6 Å². The fraction of sp³-hybridized carbons (Fsp3) is 0.517. The van der Waals surface area contributed by atoms with Gasteiger partial charge in [-0.25, -0.2) is 9.97 Å². The quantitative estimate of drug-likeness (QED) is 0.356. The molecule has 188 valence electrons. The van der Waals surface area contributed by atoms with Gasteiger partial charge >= 0.3 is 0 Å². The molecule has 1 aromatic heterocycles. The smallest absolute Gasteiger partial charge is 0.178 e. The predicted molar refractivity (Wildman–Crippen MR) is 145 cm³/mol. The van der Waals surface area contributed by atoms with Crippen LogP contribution in [0.2, 0.25) is 0 Å². The summed E-state index contributed by atoms with van der Waals surface area (Å²) in [6.07, 6.45) is 12.4. The molecule has 1 aromatic carbocycles. The second kappa shape index (κ2) is 8.60. The molecule has 0 saturated heterocycles. The third-order valence-electron chi connectivity index (χ3n) is 10.1. The average molecular weight is 568 g/mol. The molecule has 0 radical (unpaired) electrons. The first kappa shape index (κ1) is 24.5. The number of allylic oxidation sites excluding steroid dienone is 4. The van der Waals surface area contributed by atoms with Gasteiger partial charge in [0.2, 0.25) is 0 Å². The van der Waals surface area contributed by atoms with Crippen molar-refractivity contribution in [1.29, 1.82) is 0 Å². The molecule has 4 aliphatic carbocycles. The first-order valence-electron chi connectivity index (χ1n) is 12.9. The molecule has 3 saturated carbocycles. The number of hydrogen-bond donors (Lipinski definition) is 1. The molecule has 4 aliphatic rings. The summed E-state index contributed by atoms with van der Waals surface area (Å²) in [6.45, 7) is 4.45. The second-order valence-corrected chi connectivity index (χ2v) is 13.4. The van der Waals surface area contributed by atoms with Crippen LogP contribution in [0.3, 0.4) is 0 Å². The summed E-state index contributed by atoms with van der Waals surface area (Å²) < 4.78 is 0.941. The number of fused-ring (bicyclic) bond motifs is 6. The highest BCUT2D eigenvalue weighted by Crippen LogP contribution is 2.67. The summed E-state index contributed by atoms with van der Waals surface area (Å²) in [5.41, 5.74) is 0.291. The lowest BCUT2D eigenvalue weighted by molar-refractivity contribution is -0.158. The van der Waals surface area contributed by atoms with E-state index < -0.39 is 11.0 Å². The van der Waals surface area contributed by atoms with Crippen LogP contribution in [0.15, 0.2) is 57.8 Å². The molecule has 6 atom stereocenters. The number of rotatable bonds is 4. The number of hydrogen-bond acceptors (Lipinski definition) is 6. The van der Waals surface area contributed by atoms with Gasteiger partial charge < -0.3 is 5.11 Å². The molecule has 0 aliphatic heterocycles. The lowest BCUT2D eigenvalue weighted by Gasteiger charge is -2.57. The van der Waals surface area contributed by atoms with E-state index >= 15 is 0 Å². The molecule has 3 fully saturated rings. The summed E-state index contributed by atoms with van der Waals surface area (Å²) in [7, 11) is 0. The maximum Gasteiger partial charge on any atom is 0.178 e. The number of ketones is 2. The molecule has 1 heterocycles. The first-order chi connectivity index (χ1) is 17.2. The van der Waals surface area contributed by atoms with Crippen molar-refractivity contribution in [2.45, 2.75) is 63.0 Å². The Hall–Kier alpha value is -1.83. The average Bonchev–Trinajstić information content (AvgIpc) is 3.14. The minimum Gasteiger partial charge on any atom is -0.381 e. The molecule has 1 N–H and O–H groups in total. The van der Waals surface area contributed by atoms with Crippen LogP contribution >= 0.6 is 27.7 Å². The molecule has 0 spiro atoms. The van der Waals surface area contributed by atoms with Crippen LogP contribution in [-0.4, -0.2) is 38.0 Å². The van der Waals surface area contributed by atoms with Gasteiger partial charge in [-0.05, 0) is 86.6 Å². The lowest BCUT2D eigenvalue weighted by atomic mass is 9.47. The normalized spacial score (nSPS) is 37.3. The first-order valence-corrected chi connectivity index (χ1v) is 14.7. The van der Waals surface area contributed by atoms with E-state index in [4.69, 9.17) is 0 Å².